The second kappa shape index (κ2) is 8.46. The van der Waals surface area contributed by atoms with Gasteiger partial charge in [0.25, 0.3) is 15.9 Å². The highest BCUT2D eigenvalue weighted by atomic mass is 32.2. The van der Waals surface area contributed by atoms with Crippen LogP contribution in [0.2, 0.25) is 0 Å². The number of aromatic nitrogens is 2. The first kappa shape index (κ1) is 19.9. The maximum absolute atomic E-state index is 12.6. The molecule has 0 fully saturated rings. The monoisotopic (exact) mass is 418 g/mol. The third-order valence-electron chi connectivity index (χ3n) is 3.83. The second-order valence-corrected chi connectivity index (χ2v) is 8.64. The molecule has 146 valence electrons. The maximum Gasteiger partial charge on any atom is 0.270 e. The molecule has 0 bridgehead atoms. The zero-order valence-electron chi connectivity index (χ0n) is 15.1. The minimum Gasteiger partial charge on any atom is -0.496 e. The molecule has 0 saturated carbocycles. The van der Waals surface area contributed by atoms with Crippen LogP contribution in [-0.2, 0) is 10.0 Å². The van der Waals surface area contributed by atoms with Gasteiger partial charge in [0, 0.05) is 17.2 Å². The van der Waals surface area contributed by atoms with Gasteiger partial charge in [-0.05, 0) is 25.1 Å². The average Bonchev–Trinajstić information content (AvgIpc) is 3.17. The van der Waals surface area contributed by atoms with E-state index < -0.39 is 22.0 Å². The molecule has 1 aromatic heterocycles. The Morgan fingerprint density at radius 3 is 2.46 bits per heavy atom. The van der Waals surface area contributed by atoms with E-state index in [0.29, 0.717) is 16.9 Å². The first-order valence-corrected chi connectivity index (χ1v) is 10.6. The van der Waals surface area contributed by atoms with Crippen molar-refractivity contribution in [3.8, 4) is 5.75 Å². The number of para-hydroxylation sites is 1. The maximum atomic E-state index is 12.6. The summed E-state index contributed by atoms with van der Waals surface area (Å²) in [5.41, 5.74) is 1.13. The van der Waals surface area contributed by atoms with Crippen molar-refractivity contribution >= 4 is 32.4 Å². The zero-order chi connectivity index (χ0) is 20.1. The molecule has 0 aliphatic rings. The lowest BCUT2D eigenvalue weighted by Crippen LogP contribution is -2.27. The topological polar surface area (TPSA) is 110 Å². The van der Waals surface area contributed by atoms with Crippen molar-refractivity contribution in [2.45, 2.75) is 17.3 Å². The van der Waals surface area contributed by atoms with Gasteiger partial charge in [-0.1, -0.05) is 47.7 Å². The summed E-state index contributed by atoms with van der Waals surface area (Å²) in [5, 5.41) is 10.1. The Morgan fingerprint density at radius 2 is 1.75 bits per heavy atom. The molecule has 0 aliphatic heterocycles. The summed E-state index contributed by atoms with van der Waals surface area (Å²) >= 11 is 0.774. The largest absolute Gasteiger partial charge is 0.496 e. The zero-order valence-corrected chi connectivity index (χ0v) is 16.8. The predicted octanol–water partition coefficient (Wildman–Crippen LogP) is 2.84. The number of methoxy groups -OCH3 is 1. The van der Waals surface area contributed by atoms with Crippen molar-refractivity contribution in [3.05, 3.63) is 65.7 Å². The number of amides is 1. The molecule has 8 nitrogen and oxygen atoms in total. The lowest BCUT2D eigenvalue weighted by molar-refractivity contribution is 0.102. The van der Waals surface area contributed by atoms with Gasteiger partial charge in [0.2, 0.25) is 9.47 Å². The van der Waals surface area contributed by atoms with Gasteiger partial charge in [-0.25, -0.2) is 13.1 Å². The molecular weight excluding hydrogens is 400 g/mol. The Labute approximate surface area is 166 Å². The third-order valence-corrected chi connectivity index (χ3v) is 6.58. The number of hydrogen-bond acceptors (Lipinski definition) is 7. The smallest absolute Gasteiger partial charge is 0.270 e. The Kier molecular flexibility index (Phi) is 6.02. The van der Waals surface area contributed by atoms with Gasteiger partial charge in [0.05, 0.1) is 7.11 Å². The Hall–Kier alpha value is -2.82. The van der Waals surface area contributed by atoms with Crippen molar-refractivity contribution in [1.29, 1.82) is 0 Å². The first-order valence-electron chi connectivity index (χ1n) is 8.26. The fraction of sp³-hybridized carbons (Fsp3) is 0.167. The van der Waals surface area contributed by atoms with Crippen molar-refractivity contribution in [3.63, 3.8) is 0 Å². The van der Waals surface area contributed by atoms with Crippen LogP contribution in [0.5, 0.6) is 5.75 Å². The summed E-state index contributed by atoms with van der Waals surface area (Å²) < 4.78 is 32.8. The van der Waals surface area contributed by atoms with E-state index in [1.807, 2.05) is 0 Å². The van der Waals surface area contributed by atoms with E-state index in [4.69, 9.17) is 4.74 Å². The summed E-state index contributed by atoms with van der Waals surface area (Å²) in [4.78, 5) is 12.2. The number of hydrogen-bond donors (Lipinski definition) is 2. The van der Waals surface area contributed by atoms with Crippen molar-refractivity contribution in [1.82, 2.24) is 14.9 Å². The van der Waals surface area contributed by atoms with Gasteiger partial charge in [-0.15, -0.1) is 10.2 Å². The molecule has 3 aromatic rings. The lowest BCUT2D eigenvalue weighted by Gasteiger charge is -2.16. The molecule has 10 heteroatoms. The fourth-order valence-corrected chi connectivity index (χ4v) is 4.63. The molecule has 28 heavy (non-hydrogen) atoms. The Morgan fingerprint density at radius 1 is 1.07 bits per heavy atom. The number of nitrogens with one attached hydrogen (secondary N) is 2. The summed E-state index contributed by atoms with van der Waals surface area (Å²) in [7, 11) is -2.40. The predicted molar refractivity (Wildman–Crippen MR) is 106 cm³/mol. The number of sulfonamides is 1. The molecule has 2 N–H and O–H groups in total. The van der Waals surface area contributed by atoms with Gasteiger partial charge in [0.1, 0.15) is 5.75 Å². The van der Waals surface area contributed by atoms with Crippen LogP contribution in [-0.4, -0.2) is 31.6 Å². The molecule has 0 radical (unpaired) electrons. The standard InChI is InChI=1S/C18H18N4O4S2/c1-12(14-10-6-7-11-15(14)26-2)22-28(24,25)18-21-20-17(27-18)19-16(23)13-8-4-3-5-9-13/h3-12,22H,1-2H3,(H,19,20,23)/t12-/m0/s1. The van der Waals surface area contributed by atoms with Crippen molar-refractivity contribution < 1.29 is 17.9 Å². The van der Waals surface area contributed by atoms with Crippen LogP contribution in [0.15, 0.2) is 58.9 Å². The van der Waals surface area contributed by atoms with Crippen LogP contribution in [0.1, 0.15) is 28.9 Å². The van der Waals surface area contributed by atoms with Crippen LogP contribution >= 0.6 is 11.3 Å². The number of carbonyl (C=O) groups is 1. The van der Waals surface area contributed by atoms with Gasteiger partial charge >= 0.3 is 0 Å². The van der Waals surface area contributed by atoms with Gasteiger partial charge < -0.3 is 4.74 Å². The number of carbonyl (C=O) groups excluding carboxylic acids is 1. The van der Waals surface area contributed by atoms with Crippen LogP contribution in [0.25, 0.3) is 0 Å². The fourth-order valence-electron chi connectivity index (χ4n) is 2.50. The minimum atomic E-state index is -3.92. The summed E-state index contributed by atoms with van der Waals surface area (Å²) in [5.74, 6) is 0.182. The number of benzene rings is 2. The molecule has 3 rings (SSSR count). The van der Waals surface area contributed by atoms with Crippen molar-refractivity contribution in [2.24, 2.45) is 0 Å². The Balaban J connectivity index is 1.73. The molecule has 0 saturated heterocycles. The van der Waals surface area contributed by atoms with Gasteiger partial charge in [-0.2, -0.15) is 0 Å². The van der Waals surface area contributed by atoms with E-state index in [9.17, 15) is 13.2 Å². The molecule has 0 unspecified atom stereocenters. The number of rotatable bonds is 7. The summed E-state index contributed by atoms with van der Waals surface area (Å²) in [6, 6.07) is 15.1. The minimum absolute atomic E-state index is 0.0965. The molecule has 1 amide bonds. The van der Waals surface area contributed by atoms with E-state index in [0.717, 1.165) is 11.3 Å². The molecule has 2 aromatic carbocycles. The molecular formula is C18H18N4O4S2. The number of anilines is 1. The van der Waals surface area contributed by atoms with Crippen LogP contribution in [0.4, 0.5) is 5.13 Å². The molecule has 1 heterocycles. The second-order valence-electron chi connectivity index (χ2n) is 5.78. The van der Waals surface area contributed by atoms with Crippen LogP contribution in [0, 0.1) is 0 Å². The average molecular weight is 419 g/mol. The highest BCUT2D eigenvalue weighted by Gasteiger charge is 2.25. The first-order chi connectivity index (χ1) is 13.4. The normalized spacial score (nSPS) is 12.4. The number of nitrogens with zero attached hydrogens (tertiary/aromatic N) is 2. The Bertz CT molecular complexity index is 1070. The molecule has 1 atom stereocenters. The van der Waals surface area contributed by atoms with E-state index in [1.54, 1.807) is 61.5 Å². The quantitative estimate of drug-likeness (QED) is 0.571. The SMILES string of the molecule is COc1ccccc1[C@H](C)NS(=O)(=O)c1nnc(NC(=O)c2ccccc2)s1. The summed E-state index contributed by atoms with van der Waals surface area (Å²) in [6.45, 7) is 1.70. The third kappa shape index (κ3) is 4.53. The van der Waals surface area contributed by atoms with Crippen molar-refractivity contribution in [2.75, 3.05) is 12.4 Å². The summed E-state index contributed by atoms with van der Waals surface area (Å²) in [6.07, 6.45) is 0. The van der Waals surface area contributed by atoms with Crippen LogP contribution in [0.3, 0.4) is 0 Å². The van der Waals surface area contributed by atoms with Crippen LogP contribution < -0.4 is 14.8 Å². The lowest BCUT2D eigenvalue weighted by atomic mass is 10.1. The highest BCUT2D eigenvalue weighted by molar-refractivity contribution is 7.91. The van der Waals surface area contributed by atoms with Gasteiger partial charge in [0.15, 0.2) is 0 Å². The molecule has 0 spiro atoms. The van der Waals surface area contributed by atoms with E-state index in [-0.39, 0.29) is 9.47 Å². The van der Waals surface area contributed by atoms with E-state index >= 15 is 0 Å². The highest BCUT2D eigenvalue weighted by Crippen LogP contribution is 2.27. The number of ether oxygens (including phenoxy) is 1. The van der Waals surface area contributed by atoms with E-state index in [2.05, 4.69) is 20.2 Å². The van der Waals surface area contributed by atoms with E-state index in [1.165, 1.54) is 7.11 Å². The van der Waals surface area contributed by atoms with Gasteiger partial charge in [-0.3, -0.25) is 10.1 Å². The molecule has 0 aliphatic carbocycles.